The number of unbranched alkanes of at least 4 members (excludes halogenated alkanes) is 1. The molecule has 2 aromatic rings. The Kier molecular flexibility index (Phi) is 7.49. The maximum Gasteiger partial charge on any atom is 0.251 e. The Bertz CT molecular complexity index is 739. The molecule has 3 rings (SSSR count). The Morgan fingerprint density at radius 1 is 1.14 bits per heavy atom. The molecule has 0 spiro atoms. The minimum absolute atomic E-state index is 0.00772. The topological polar surface area (TPSA) is 41.6 Å². The van der Waals surface area contributed by atoms with Gasteiger partial charge in [0.05, 0.1) is 0 Å². The molecule has 1 aliphatic rings. The highest BCUT2D eigenvalue weighted by molar-refractivity contribution is 5.94. The molecule has 1 fully saturated rings. The van der Waals surface area contributed by atoms with E-state index in [9.17, 15) is 4.79 Å². The number of nitrogens with zero attached hydrogens (tertiary/aromatic N) is 1. The Morgan fingerprint density at radius 2 is 1.89 bits per heavy atom. The third-order valence-corrected chi connectivity index (χ3v) is 5.42. The summed E-state index contributed by atoms with van der Waals surface area (Å²) in [5.74, 6) is 0.741. The Hall–Kier alpha value is -2.33. The van der Waals surface area contributed by atoms with Gasteiger partial charge >= 0.3 is 0 Å². The van der Waals surface area contributed by atoms with Crippen LogP contribution in [0.4, 0.5) is 0 Å². The molecule has 1 unspecified atom stereocenters. The third-order valence-electron chi connectivity index (χ3n) is 5.42. The standard InChI is InChI=1S/C24H32N2O2/c1-3-4-13-23(19-9-6-5-7-10-19)28-22-12-8-11-20(18-22)24(27)25-21-14-16-26(2)17-15-21/h5-12,18,21,23H,3-4,13-17H2,1-2H3,(H,25,27). The molecule has 1 saturated heterocycles. The highest BCUT2D eigenvalue weighted by Crippen LogP contribution is 2.27. The molecule has 2 aromatic carbocycles. The van der Waals surface area contributed by atoms with E-state index in [-0.39, 0.29) is 18.1 Å². The van der Waals surface area contributed by atoms with Crippen molar-refractivity contribution >= 4 is 5.91 Å². The van der Waals surface area contributed by atoms with Crippen LogP contribution in [-0.4, -0.2) is 37.0 Å². The minimum atomic E-state index is -0.00942. The van der Waals surface area contributed by atoms with Gasteiger partial charge in [-0.05, 0) is 69.6 Å². The normalized spacial score (nSPS) is 16.5. The number of likely N-dealkylation sites (tertiary alicyclic amines) is 1. The number of rotatable bonds is 8. The summed E-state index contributed by atoms with van der Waals surface area (Å²) in [6.07, 6.45) is 5.22. The van der Waals surface area contributed by atoms with Crippen LogP contribution in [0.15, 0.2) is 54.6 Å². The fourth-order valence-electron chi connectivity index (χ4n) is 3.65. The second kappa shape index (κ2) is 10.3. The van der Waals surface area contributed by atoms with Crippen molar-refractivity contribution in [2.45, 2.75) is 51.2 Å². The van der Waals surface area contributed by atoms with Crippen molar-refractivity contribution in [3.63, 3.8) is 0 Å². The molecular weight excluding hydrogens is 348 g/mol. The highest BCUT2D eigenvalue weighted by Gasteiger charge is 2.20. The average molecular weight is 381 g/mol. The molecule has 28 heavy (non-hydrogen) atoms. The van der Waals surface area contributed by atoms with Crippen LogP contribution in [0.3, 0.4) is 0 Å². The number of hydrogen-bond donors (Lipinski definition) is 1. The first-order chi connectivity index (χ1) is 13.7. The number of hydrogen-bond acceptors (Lipinski definition) is 3. The second-order valence-corrected chi connectivity index (χ2v) is 7.74. The Labute approximate surface area is 168 Å². The fraction of sp³-hybridized carbons (Fsp3) is 0.458. The predicted octanol–water partition coefficient (Wildman–Crippen LogP) is 4.82. The quantitative estimate of drug-likeness (QED) is 0.714. The Morgan fingerprint density at radius 3 is 2.61 bits per heavy atom. The fourth-order valence-corrected chi connectivity index (χ4v) is 3.65. The van der Waals surface area contributed by atoms with Gasteiger partial charge in [0, 0.05) is 11.6 Å². The highest BCUT2D eigenvalue weighted by atomic mass is 16.5. The molecule has 150 valence electrons. The van der Waals surface area contributed by atoms with E-state index in [0.717, 1.165) is 50.9 Å². The lowest BCUT2D eigenvalue weighted by Gasteiger charge is -2.29. The second-order valence-electron chi connectivity index (χ2n) is 7.74. The molecule has 4 heteroatoms. The molecule has 1 atom stereocenters. The molecule has 1 N–H and O–H groups in total. The first-order valence-electron chi connectivity index (χ1n) is 10.5. The molecule has 1 aliphatic heterocycles. The maximum absolute atomic E-state index is 12.7. The van der Waals surface area contributed by atoms with Crippen LogP contribution in [0.25, 0.3) is 0 Å². The summed E-state index contributed by atoms with van der Waals surface area (Å²) in [6, 6.07) is 18.2. The van der Waals surface area contributed by atoms with Crippen LogP contribution in [-0.2, 0) is 0 Å². The van der Waals surface area contributed by atoms with Gasteiger partial charge < -0.3 is 15.0 Å². The van der Waals surface area contributed by atoms with Crippen molar-refractivity contribution in [1.82, 2.24) is 10.2 Å². The van der Waals surface area contributed by atoms with Gasteiger partial charge in [0.1, 0.15) is 11.9 Å². The van der Waals surface area contributed by atoms with Crippen molar-refractivity contribution in [2.75, 3.05) is 20.1 Å². The van der Waals surface area contributed by atoms with Crippen molar-refractivity contribution in [3.8, 4) is 5.75 Å². The molecule has 1 amide bonds. The summed E-state index contributed by atoms with van der Waals surface area (Å²) in [7, 11) is 2.13. The largest absolute Gasteiger partial charge is 0.486 e. The van der Waals surface area contributed by atoms with Crippen LogP contribution in [0.2, 0.25) is 0 Å². The summed E-state index contributed by atoms with van der Waals surface area (Å²) >= 11 is 0. The van der Waals surface area contributed by atoms with Crippen molar-refractivity contribution in [3.05, 3.63) is 65.7 Å². The number of carbonyl (C=O) groups excluding carboxylic acids is 1. The SMILES string of the molecule is CCCCC(Oc1cccc(C(=O)NC2CCN(C)CC2)c1)c1ccccc1. The molecule has 1 heterocycles. The van der Waals surface area contributed by atoms with E-state index in [1.54, 1.807) is 0 Å². The molecule has 0 saturated carbocycles. The zero-order valence-electron chi connectivity index (χ0n) is 17.1. The summed E-state index contributed by atoms with van der Waals surface area (Å²) in [5.41, 5.74) is 1.84. The smallest absolute Gasteiger partial charge is 0.251 e. The minimum Gasteiger partial charge on any atom is -0.486 e. The lowest BCUT2D eigenvalue weighted by atomic mass is 10.0. The van der Waals surface area contributed by atoms with E-state index in [0.29, 0.717) is 5.56 Å². The van der Waals surface area contributed by atoms with E-state index in [1.807, 2.05) is 42.5 Å². The summed E-state index contributed by atoms with van der Waals surface area (Å²) in [6.45, 7) is 4.25. The van der Waals surface area contributed by atoms with Gasteiger partial charge in [-0.2, -0.15) is 0 Å². The van der Waals surface area contributed by atoms with E-state index >= 15 is 0 Å². The number of benzene rings is 2. The molecule has 0 aliphatic carbocycles. The molecule has 4 nitrogen and oxygen atoms in total. The number of amides is 1. The van der Waals surface area contributed by atoms with Crippen molar-refractivity contribution in [1.29, 1.82) is 0 Å². The van der Waals surface area contributed by atoms with Gasteiger partial charge in [-0.15, -0.1) is 0 Å². The van der Waals surface area contributed by atoms with Crippen LogP contribution in [0, 0.1) is 0 Å². The first kappa shape index (κ1) is 20.4. The van der Waals surface area contributed by atoms with Gasteiger partial charge in [0.15, 0.2) is 0 Å². The van der Waals surface area contributed by atoms with Gasteiger partial charge in [0.2, 0.25) is 0 Å². The van der Waals surface area contributed by atoms with Crippen LogP contribution < -0.4 is 10.1 Å². The zero-order chi connectivity index (χ0) is 19.8. The van der Waals surface area contributed by atoms with Crippen molar-refractivity contribution < 1.29 is 9.53 Å². The van der Waals surface area contributed by atoms with Crippen LogP contribution in [0.1, 0.15) is 61.1 Å². The van der Waals surface area contributed by atoms with E-state index in [2.05, 4.69) is 36.3 Å². The number of nitrogens with one attached hydrogen (secondary N) is 1. The average Bonchev–Trinajstić information content (AvgIpc) is 2.73. The number of carbonyl (C=O) groups is 1. The van der Waals surface area contributed by atoms with Gasteiger partial charge in [-0.3, -0.25) is 4.79 Å². The number of ether oxygens (including phenoxy) is 1. The molecule has 0 radical (unpaired) electrons. The lowest BCUT2D eigenvalue weighted by Crippen LogP contribution is -2.43. The summed E-state index contributed by atoms with van der Waals surface area (Å²) in [5, 5.41) is 3.18. The molecule has 0 bridgehead atoms. The predicted molar refractivity (Wildman–Crippen MR) is 114 cm³/mol. The first-order valence-corrected chi connectivity index (χ1v) is 10.5. The summed E-state index contributed by atoms with van der Waals surface area (Å²) in [4.78, 5) is 15.0. The van der Waals surface area contributed by atoms with Crippen molar-refractivity contribution in [2.24, 2.45) is 0 Å². The van der Waals surface area contributed by atoms with Crippen LogP contribution in [0.5, 0.6) is 5.75 Å². The van der Waals surface area contributed by atoms with E-state index in [1.165, 1.54) is 5.56 Å². The molecule has 0 aromatic heterocycles. The lowest BCUT2D eigenvalue weighted by molar-refractivity contribution is 0.0916. The maximum atomic E-state index is 12.7. The zero-order valence-corrected chi connectivity index (χ0v) is 17.1. The van der Waals surface area contributed by atoms with Gasteiger partial charge in [-0.1, -0.05) is 49.7 Å². The van der Waals surface area contributed by atoms with Gasteiger partial charge in [-0.25, -0.2) is 0 Å². The summed E-state index contributed by atoms with van der Waals surface area (Å²) < 4.78 is 6.31. The Balaban J connectivity index is 1.66. The monoisotopic (exact) mass is 380 g/mol. The number of piperidine rings is 1. The third kappa shape index (κ3) is 5.83. The van der Waals surface area contributed by atoms with E-state index in [4.69, 9.17) is 4.74 Å². The van der Waals surface area contributed by atoms with E-state index < -0.39 is 0 Å². The molecular formula is C24H32N2O2. The van der Waals surface area contributed by atoms with Crippen LogP contribution >= 0.6 is 0 Å². The van der Waals surface area contributed by atoms with Gasteiger partial charge in [0.25, 0.3) is 5.91 Å².